The Morgan fingerprint density at radius 3 is 1.56 bits per heavy atom. The summed E-state index contributed by atoms with van der Waals surface area (Å²) in [7, 11) is 0. The van der Waals surface area contributed by atoms with Crippen molar-refractivity contribution in [2.24, 2.45) is 0 Å². The van der Waals surface area contributed by atoms with E-state index in [0.29, 0.717) is 6.29 Å². The molecule has 4 atom stereocenters. The second-order valence-corrected chi connectivity index (χ2v) is 8.40. The molecule has 36 heavy (non-hydrogen) atoms. The summed E-state index contributed by atoms with van der Waals surface area (Å²) in [6.45, 7) is 1.57. The first kappa shape index (κ1) is 27.2. The van der Waals surface area contributed by atoms with E-state index in [1.54, 1.807) is 0 Å². The topological polar surface area (TPSA) is 94.1 Å². The highest BCUT2D eigenvalue weighted by Gasteiger charge is 2.38. The number of aliphatic hydroxyl groups is 1. The Morgan fingerprint density at radius 2 is 1.17 bits per heavy atom. The highest BCUT2D eigenvalue weighted by Crippen LogP contribution is 2.20. The zero-order chi connectivity index (χ0) is 25.6. The highest BCUT2D eigenvalue weighted by molar-refractivity contribution is 5.77. The summed E-state index contributed by atoms with van der Waals surface area (Å²) in [6.07, 6.45) is -2.00. The van der Waals surface area contributed by atoms with E-state index in [-0.39, 0.29) is 32.3 Å². The fourth-order valence-electron chi connectivity index (χ4n) is 3.81. The number of carbonyl (C=O) groups is 2. The fraction of sp³-hybridized carbons (Fsp3) is 0.310. The van der Waals surface area contributed by atoms with Gasteiger partial charge in [-0.05, 0) is 16.7 Å². The minimum Gasteiger partial charge on any atom is -0.394 e. The fourth-order valence-corrected chi connectivity index (χ4v) is 3.81. The summed E-state index contributed by atoms with van der Waals surface area (Å²) in [4.78, 5) is 24.0. The van der Waals surface area contributed by atoms with Crippen LogP contribution in [0.2, 0.25) is 0 Å². The summed E-state index contributed by atoms with van der Waals surface area (Å²) < 4.78 is 18.5. The van der Waals surface area contributed by atoms with Gasteiger partial charge in [-0.3, -0.25) is 4.79 Å². The molecule has 3 rings (SSSR count). The Labute approximate surface area is 212 Å². The Bertz CT molecular complexity index is 1030. The molecule has 0 fully saturated rings. The van der Waals surface area contributed by atoms with Crippen molar-refractivity contribution >= 4 is 12.2 Å². The number of rotatable bonds is 15. The van der Waals surface area contributed by atoms with Gasteiger partial charge >= 0.3 is 0 Å². The molecule has 190 valence electrons. The van der Waals surface area contributed by atoms with Crippen molar-refractivity contribution < 1.29 is 28.9 Å². The number of ether oxygens (including phenoxy) is 3. The molecule has 0 aromatic heterocycles. The summed E-state index contributed by atoms with van der Waals surface area (Å²) in [5, 5.41) is 13.0. The molecule has 0 aliphatic heterocycles. The summed E-state index contributed by atoms with van der Waals surface area (Å²) >= 11 is 0. The zero-order valence-corrected chi connectivity index (χ0v) is 20.4. The Hall–Kier alpha value is -3.36. The molecule has 0 heterocycles. The average molecular weight is 492 g/mol. The first-order chi connectivity index (χ1) is 17.6. The number of aldehydes is 1. The normalized spacial score (nSPS) is 14.4. The molecule has 0 saturated carbocycles. The predicted molar refractivity (Wildman–Crippen MR) is 136 cm³/mol. The van der Waals surface area contributed by atoms with E-state index in [2.05, 4.69) is 5.32 Å². The van der Waals surface area contributed by atoms with E-state index in [0.717, 1.165) is 16.7 Å². The molecule has 0 bridgehead atoms. The summed E-state index contributed by atoms with van der Waals surface area (Å²) in [6, 6.07) is 27.6. The van der Waals surface area contributed by atoms with Gasteiger partial charge in [0.2, 0.25) is 5.91 Å². The maximum Gasteiger partial charge on any atom is 0.217 e. The van der Waals surface area contributed by atoms with E-state index in [1.165, 1.54) is 6.92 Å². The van der Waals surface area contributed by atoms with Gasteiger partial charge in [-0.25, -0.2) is 0 Å². The number of aliphatic hydroxyl groups excluding tert-OH is 1. The van der Waals surface area contributed by atoms with Gasteiger partial charge in [0.05, 0.1) is 26.4 Å². The molecule has 0 radical (unpaired) electrons. The maximum absolute atomic E-state index is 12.1. The van der Waals surface area contributed by atoms with E-state index in [4.69, 9.17) is 14.2 Å². The van der Waals surface area contributed by atoms with E-state index < -0.39 is 24.4 Å². The monoisotopic (exact) mass is 491 g/mol. The molecule has 7 heteroatoms. The van der Waals surface area contributed by atoms with Crippen LogP contribution < -0.4 is 5.32 Å². The standard InChI is InChI=1S/C29H33NO6/c1-22(33)30-26(17-31)28(35-20-24-13-7-3-8-14-24)29(36-21-25-15-9-4-10-16-25)27(18-32)34-19-23-11-5-2-6-12-23/h2-17,26-29,32H,18-21H2,1H3,(H,30,33)/t26-,27+,28+,29-/m0/s1. The molecule has 0 aliphatic carbocycles. The van der Waals surface area contributed by atoms with Gasteiger partial charge in [0.25, 0.3) is 0 Å². The number of benzene rings is 3. The van der Waals surface area contributed by atoms with Crippen molar-refractivity contribution in [3.63, 3.8) is 0 Å². The third kappa shape index (κ3) is 8.70. The first-order valence-electron chi connectivity index (χ1n) is 11.9. The quantitative estimate of drug-likeness (QED) is 0.317. The van der Waals surface area contributed by atoms with Gasteiger partial charge in [0.1, 0.15) is 30.6 Å². The zero-order valence-electron chi connectivity index (χ0n) is 20.4. The molecule has 3 aromatic rings. The van der Waals surface area contributed by atoms with Crippen LogP contribution in [0.15, 0.2) is 91.0 Å². The molecule has 1 amide bonds. The predicted octanol–water partition coefficient (Wildman–Crippen LogP) is 3.44. The Kier molecular flexibility index (Phi) is 11.3. The first-order valence-corrected chi connectivity index (χ1v) is 11.9. The average Bonchev–Trinajstić information content (AvgIpc) is 2.92. The molecule has 7 nitrogen and oxygen atoms in total. The van der Waals surface area contributed by atoms with Crippen molar-refractivity contribution in [1.29, 1.82) is 0 Å². The lowest BCUT2D eigenvalue weighted by Gasteiger charge is -2.35. The van der Waals surface area contributed by atoms with Crippen LogP contribution in [0.3, 0.4) is 0 Å². The second kappa shape index (κ2) is 14.9. The van der Waals surface area contributed by atoms with Gasteiger partial charge in [0.15, 0.2) is 0 Å². The van der Waals surface area contributed by atoms with Crippen molar-refractivity contribution in [1.82, 2.24) is 5.32 Å². The summed E-state index contributed by atoms with van der Waals surface area (Å²) in [5.41, 5.74) is 2.72. The van der Waals surface area contributed by atoms with Crippen LogP contribution >= 0.6 is 0 Å². The molecule has 3 aromatic carbocycles. The van der Waals surface area contributed by atoms with Crippen LogP contribution in [0.25, 0.3) is 0 Å². The third-order valence-electron chi connectivity index (χ3n) is 5.62. The lowest BCUT2D eigenvalue weighted by Crippen LogP contribution is -2.55. The molecule has 0 saturated heterocycles. The number of amides is 1. The van der Waals surface area contributed by atoms with Crippen molar-refractivity contribution in [3.05, 3.63) is 108 Å². The van der Waals surface area contributed by atoms with Crippen LogP contribution in [0, 0.1) is 0 Å². The van der Waals surface area contributed by atoms with Crippen molar-refractivity contribution in [2.45, 2.75) is 51.1 Å². The minimum atomic E-state index is -1.01. The lowest BCUT2D eigenvalue weighted by molar-refractivity contribution is -0.170. The number of hydrogen-bond donors (Lipinski definition) is 2. The molecule has 0 unspecified atom stereocenters. The number of nitrogens with one attached hydrogen (secondary N) is 1. The number of carbonyl (C=O) groups excluding carboxylic acids is 2. The smallest absolute Gasteiger partial charge is 0.217 e. The molecule has 2 N–H and O–H groups in total. The van der Waals surface area contributed by atoms with Crippen LogP contribution in [0.1, 0.15) is 23.6 Å². The van der Waals surface area contributed by atoms with Crippen LogP contribution in [-0.2, 0) is 43.6 Å². The van der Waals surface area contributed by atoms with Crippen LogP contribution in [0.4, 0.5) is 0 Å². The molecular formula is C29H33NO6. The third-order valence-corrected chi connectivity index (χ3v) is 5.62. The van der Waals surface area contributed by atoms with Gasteiger partial charge in [-0.1, -0.05) is 91.0 Å². The van der Waals surface area contributed by atoms with Gasteiger partial charge in [-0.2, -0.15) is 0 Å². The molecule has 0 spiro atoms. The Morgan fingerprint density at radius 1 is 0.750 bits per heavy atom. The molecular weight excluding hydrogens is 458 g/mol. The van der Waals surface area contributed by atoms with E-state index in [1.807, 2.05) is 91.0 Å². The van der Waals surface area contributed by atoms with E-state index in [9.17, 15) is 14.7 Å². The lowest BCUT2D eigenvalue weighted by atomic mass is 10.0. The molecule has 0 aliphatic rings. The van der Waals surface area contributed by atoms with Crippen LogP contribution in [-0.4, -0.2) is 48.3 Å². The van der Waals surface area contributed by atoms with E-state index >= 15 is 0 Å². The Balaban J connectivity index is 1.88. The second-order valence-electron chi connectivity index (χ2n) is 8.40. The van der Waals surface area contributed by atoms with Gasteiger partial charge in [0, 0.05) is 6.92 Å². The maximum atomic E-state index is 12.1. The summed E-state index contributed by atoms with van der Waals surface area (Å²) in [5.74, 6) is -0.382. The van der Waals surface area contributed by atoms with Gasteiger partial charge in [-0.15, -0.1) is 0 Å². The minimum absolute atomic E-state index is 0.178. The van der Waals surface area contributed by atoms with Crippen LogP contribution in [0.5, 0.6) is 0 Å². The van der Waals surface area contributed by atoms with Crippen molar-refractivity contribution in [3.8, 4) is 0 Å². The largest absolute Gasteiger partial charge is 0.394 e. The highest BCUT2D eigenvalue weighted by atomic mass is 16.6. The van der Waals surface area contributed by atoms with Gasteiger partial charge < -0.3 is 29.4 Å². The SMILES string of the molecule is CC(=O)N[C@@H](C=O)[C@@H](OCc1ccccc1)[C@@H](OCc1ccccc1)[C@@H](CO)OCc1ccccc1. The van der Waals surface area contributed by atoms with Crippen molar-refractivity contribution in [2.75, 3.05) is 6.61 Å². The number of hydrogen-bond acceptors (Lipinski definition) is 6.